The molecule has 0 fully saturated rings. The number of rotatable bonds is 7. The molecule has 0 atom stereocenters. The Bertz CT molecular complexity index is 740. The maximum Gasteiger partial charge on any atom is 0.325 e. The number of hydrogen-bond acceptors (Lipinski definition) is 4. The normalized spacial score (nSPS) is 13.5. The van der Waals surface area contributed by atoms with Crippen LogP contribution >= 0.6 is 0 Å². The van der Waals surface area contributed by atoms with Gasteiger partial charge in [0.15, 0.2) is 6.61 Å². The van der Waals surface area contributed by atoms with Crippen molar-refractivity contribution < 1.29 is 19.1 Å². The molecule has 0 unspecified atom stereocenters. The van der Waals surface area contributed by atoms with Crippen molar-refractivity contribution in [3.05, 3.63) is 46.7 Å². The van der Waals surface area contributed by atoms with Gasteiger partial charge in [-0.3, -0.25) is 14.4 Å². The number of carbonyl (C=O) groups excluding carboxylic acids is 3. The second-order valence-corrected chi connectivity index (χ2v) is 6.72. The first-order valence-corrected chi connectivity index (χ1v) is 9.42. The van der Waals surface area contributed by atoms with Gasteiger partial charge in [0.25, 0.3) is 11.8 Å². The monoisotopic (exact) mass is 372 g/mol. The number of nitrogens with one attached hydrogen (secondary N) is 1. The third-order valence-corrected chi connectivity index (χ3v) is 4.75. The van der Waals surface area contributed by atoms with Gasteiger partial charge in [-0.05, 0) is 69.7 Å². The first-order chi connectivity index (χ1) is 12.9. The minimum absolute atomic E-state index is 0.237. The zero-order valence-corrected chi connectivity index (χ0v) is 16.3. The molecule has 0 radical (unpaired) electrons. The van der Waals surface area contributed by atoms with Gasteiger partial charge in [0.2, 0.25) is 0 Å². The number of aryl methyl sites for hydroxylation is 2. The number of carbonyl (C=O) groups is 3. The summed E-state index contributed by atoms with van der Waals surface area (Å²) in [5.74, 6) is -1.21. The molecule has 6 nitrogen and oxygen atoms in total. The molecule has 0 spiro atoms. The van der Waals surface area contributed by atoms with Crippen LogP contribution in [0, 0.1) is 13.8 Å². The minimum atomic E-state index is -0.630. The van der Waals surface area contributed by atoms with Crippen molar-refractivity contribution in [1.82, 2.24) is 10.2 Å². The third kappa shape index (κ3) is 5.94. The van der Waals surface area contributed by atoms with Crippen LogP contribution in [0.2, 0.25) is 0 Å². The molecule has 0 aliphatic heterocycles. The fraction of sp³-hybridized carbons (Fsp3) is 0.476. The maximum atomic E-state index is 12.3. The number of nitrogens with zero attached hydrogens (tertiary/aromatic N) is 1. The highest BCUT2D eigenvalue weighted by atomic mass is 16.5. The number of allylic oxidation sites excluding steroid dienone is 2. The van der Waals surface area contributed by atoms with Gasteiger partial charge in [0, 0.05) is 17.8 Å². The Balaban J connectivity index is 1.79. The van der Waals surface area contributed by atoms with E-state index in [2.05, 4.69) is 11.4 Å². The fourth-order valence-corrected chi connectivity index (χ4v) is 3.01. The molecule has 1 aliphatic carbocycles. The summed E-state index contributed by atoms with van der Waals surface area (Å²) in [7, 11) is 0. The summed E-state index contributed by atoms with van der Waals surface area (Å²) in [6.07, 6.45) is 6.14. The van der Waals surface area contributed by atoms with Crippen molar-refractivity contribution in [2.24, 2.45) is 0 Å². The van der Waals surface area contributed by atoms with E-state index in [9.17, 15) is 14.4 Å². The summed E-state index contributed by atoms with van der Waals surface area (Å²) in [6.45, 7) is 5.75. The van der Waals surface area contributed by atoms with Gasteiger partial charge in [-0.25, -0.2) is 0 Å². The molecule has 27 heavy (non-hydrogen) atoms. The van der Waals surface area contributed by atoms with Crippen molar-refractivity contribution in [3.8, 4) is 0 Å². The fourth-order valence-electron chi connectivity index (χ4n) is 3.01. The summed E-state index contributed by atoms with van der Waals surface area (Å²) >= 11 is 0. The van der Waals surface area contributed by atoms with Gasteiger partial charge in [0.1, 0.15) is 6.54 Å². The van der Waals surface area contributed by atoms with Gasteiger partial charge in [0.05, 0.1) is 0 Å². The van der Waals surface area contributed by atoms with E-state index in [4.69, 9.17) is 4.74 Å². The molecule has 146 valence electrons. The molecule has 2 amide bonds. The maximum absolute atomic E-state index is 12.3. The lowest BCUT2D eigenvalue weighted by molar-refractivity contribution is -0.150. The number of esters is 1. The highest BCUT2D eigenvalue weighted by Gasteiger charge is 2.19. The van der Waals surface area contributed by atoms with E-state index in [0.29, 0.717) is 12.1 Å². The van der Waals surface area contributed by atoms with E-state index >= 15 is 0 Å². The van der Waals surface area contributed by atoms with Crippen molar-refractivity contribution in [2.75, 3.05) is 19.7 Å². The van der Waals surface area contributed by atoms with Crippen LogP contribution in [0.5, 0.6) is 0 Å². The largest absolute Gasteiger partial charge is 0.454 e. The number of benzene rings is 1. The van der Waals surface area contributed by atoms with E-state index in [-0.39, 0.29) is 25.0 Å². The predicted molar refractivity (Wildman–Crippen MR) is 103 cm³/mol. The number of hydrogen-bond donors (Lipinski definition) is 1. The molecule has 0 saturated heterocycles. The predicted octanol–water partition coefficient (Wildman–Crippen LogP) is 2.88. The molecule has 6 heteroatoms. The van der Waals surface area contributed by atoms with Crippen LogP contribution in [0.1, 0.15) is 54.1 Å². The quantitative estimate of drug-likeness (QED) is 0.747. The smallest absolute Gasteiger partial charge is 0.325 e. The van der Waals surface area contributed by atoms with Gasteiger partial charge >= 0.3 is 5.97 Å². The highest BCUT2D eigenvalue weighted by Crippen LogP contribution is 2.20. The van der Waals surface area contributed by atoms with Crippen molar-refractivity contribution in [1.29, 1.82) is 0 Å². The van der Waals surface area contributed by atoms with Gasteiger partial charge in [-0.1, -0.05) is 12.1 Å². The first-order valence-electron chi connectivity index (χ1n) is 9.42. The lowest BCUT2D eigenvalue weighted by atomic mass is 10.0. The van der Waals surface area contributed by atoms with Gasteiger partial charge in [-0.2, -0.15) is 0 Å². The molecule has 0 bridgehead atoms. The van der Waals surface area contributed by atoms with Crippen LogP contribution in [-0.2, 0) is 14.3 Å². The second-order valence-electron chi connectivity index (χ2n) is 6.72. The van der Waals surface area contributed by atoms with Crippen LogP contribution in [0.15, 0.2) is 30.0 Å². The molecule has 1 aromatic carbocycles. The number of likely N-dealkylation sites (N-methyl/N-ethyl adjacent to an activating group) is 1. The number of ether oxygens (including phenoxy) is 1. The van der Waals surface area contributed by atoms with E-state index in [0.717, 1.165) is 42.5 Å². The molecule has 0 aromatic heterocycles. The Morgan fingerprint density at radius 2 is 1.93 bits per heavy atom. The first kappa shape index (κ1) is 20.7. The van der Waals surface area contributed by atoms with E-state index in [1.165, 1.54) is 0 Å². The molecule has 0 saturated carbocycles. The lowest BCUT2D eigenvalue weighted by Gasteiger charge is -2.26. The summed E-state index contributed by atoms with van der Waals surface area (Å²) < 4.78 is 5.03. The zero-order valence-electron chi connectivity index (χ0n) is 16.3. The highest BCUT2D eigenvalue weighted by molar-refractivity contribution is 5.96. The van der Waals surface area contributed by atoms with Crippen LogP contribution in [0.4, 0.5) is 0 Å². The van der Waals surface area contributed by atoms with E-state index in [1.807, 2.05) is 26.8 Å². The summed E-state index contributed by atoms with van der Waals surface area (Å²) in [6, 6.07) is 5.35. The molecule has 1 aromatic rings. The van der Waals surface area contributed by atoms with Crippen LogP contribution < -0.4 is 5.32 Å². The molecular weight excluding hydrogens is 344 g/mol. The average Bonchev–Trinajstić information content (AvgIpc) is 2.68. The van der Waals surface area contributed by atoms with Crippen molar-refractivity contribution in [3.63, 3.8) is 0 Å². The van der Waals surface area contributed by atoms with E-state index < -0.39 is 5.97 Å². The van der Waals surface area contributed by atoms with Crippen molar-refractivity contribution >= 4 is 17.8 Å². The number of amides is 2. The topological polar surface area (TPSA) is 75.7 Å². The van der Waals surface area contributed by atoms with E-state index in [1.54, 1.807) is 17.0 Å². The standard InChI is InChI=1S/C21H28N2O4/c1-4-23(18-8-6-5-7-9-18)19(24)14-27-20(25)13-22-21(26)17-11-10-15(2)16(3)12-17/h8,10-12H,4-7,9,13-14H2,1-3H3,(H,22,26). The Morgan fingerprint density at radius 1 is 1.15 bits per heavy atom. The van der Waals surface area contributed by atoms with Gasteiger partial charge < -0.3 is 15.0 Å². The summed E-state index contributed by atoms with van der Waals surface area (Å²) in [4.78, 5) is 38.0. The Hall–Kier alpha value is -2.63. The van der Waals surface area contributed by atoms with Crippen LogP contribution in [0.3, 0.4) is 0 Å². The Morgan fingerprint density at radius 3 is 2.56 bits per heavy atom. The molecule has 1 N–H and O–H groups in total. The summed E-state index contributed by atoms with van der Waals surface area (Å²) in [5, 5.41) is 2.53. The summed E-state index contributed by atoms with van der Waals surface area (Å²) in [5.41, 5.74) is 3.60. The van der Waals surface area contributed by atoms with Crippen molar-refractivity contribution in [2.45, 2.75) is 46.5 Å². The third-order valence-electron chi connectivity index (χ3n) is 4.75. The zero-order chi connectivity index (χ0) is 19.8. The molecule has 1 aliphatic rings. The lowest BCUT2D eigenvalue weighted by Crippen LogP contribution is -2.36. The minimum Gasteiger partial charge on any atom is -0.454 e. The Labute approximate surface area is 160 Å². The molecule has 2 rings (SSSR count). The van der Waals surface area contributed by atoms with Crippen LogP contribution in [-0.4, -0.2) is 42.4 Å². The van der Waals surface area contributed by atoms with Gasteiger partial charge in [-0.15, -0.1) is 0 Å². The van der Waals surface area contributed by atoms with Crippen LogP contribution in [0.25, 0.3) is 0 Å². The average molecular weight is 372 g/mol. The molecular formula is C21H28N2O4. The molecule has 0 heterocycles. The SMILES string of the molecule is CCN(C(=O)COC(=O)CNC(=O)c1ccc(C)c(C)c1)C1=CCCCC1. The second kappa shape index (κ2) is 9.90. The Kier molecular flexibility index (Phi) is 7.58.